The molecule has 0 saturated carbocycles. The lowest BCUT2D eigenvalue weighted by atomic mass is 10.1. The van der Waals surface area contributed by atoms with E-state index in [1.165, 1.54) is 26.2 Å². The molecule has 0 fully saturated rings. The minimum absolute atomic E-state index is 0.0931. The number of amides is 1. The minimum Gasteiger partial charge on any atom is -0.355 e. The van der Waals surface area contributed by atoms with Crippen LogP contribution in [-0.2, 0) is 16.6 Å². The first-order chi connectivity index (χ1) is 11.3. The van der Waals surface area contributed by atoms with Crippen LogP contribution in [-0.4, -0.2) is 32.7 Å². The van der Waals surface area contributed by atoms with Gasteiger partial charge in [-0.1, -0.05) is 18.2 Å². The molecule has 0 atom stereocenters. The third-order valence-corrected chi connectivity index (χ3v) is 5.29. The minimum atomic E-state index is -4.33. The molecule has 0 saturated heterocycles. The van der Waals surface area contributed by atoms with Gasteiger partial charge in [0.15, 0.2) is 4.90 Å². The molecule has 0 spiro atoms. The number of sulfonamides is 1. The van der Waals surface area contributed by atoms with Crippen LogP contribution in [0.2, 0.25) is 0 Å². The van der Waals surface area contributed by atoms with E-state index in [1.54, 1.807) is 12.1 Å². The quantitative estimate of drug-likeness (QED) is 0.895. The zero-order valence-corrected chi connectivity index (χ0v) is 13.9. The van der Waals surface area contributed by atoms with Crippen LogP contribution in [0.1, 0.15) is 15.9 Å². The Kier molecular flexibility index (Phi) is 5.30. The van der Waals surface area contributed by atoms with Crippen molar-refractivity contribution in [2.24, 2.45) is 0 Å². The lowest BCUT2D eigenvalue weighted by Gasteiger charge is -2.18. The molecule has 0 bridgehead atoms. The van der Waals surface area contributed by atoms with Crippen molar-refractivity contribution in [1.29, 1.82) is 0 Å². The number of halogens is 2. The molecule has 0 aromatic heterocycles. The Balaban J connectivity index is 2.25. The molecule has 0 unspecified atom stereocenters. The molecule has 1 N–H and O–H groups in total. The van der Waals surface area contributed by atoms with Crippen LogP contribution in [0.3, 0.4) is 0 Å². The number of rotatable bonds is 5. The summed E-state index contributed by atoms with van der Waals surface area (Å²) >= 11 is 0. The van der Waals surface area contributed by atoms with Gasteiger partial charge in [0.1, 0.15) is 11.6 Å². The number of carbonyl (C=O) groups excluding carboxylic acids is 1. The lowest BCUT2D eigenvalue weighted by molar-refractivity contribution is 0.0963. The number of nitrogens with one attached hydrogen (secondary N) is 1. The smallest absolute Gasteiger partial charge is 0.251 e. The van der Waals surface area contributed by atoms with Crippen molar-refractivity contribution in [2.45, 2.75) is 11.4 Å². The summed E-state index contributed by atoms with van der Waals surface area (Å²) in [4.78, 5) is 10.5. The molecule has 8 heteroatoms. The van der Waals surface area contributed by atoms with Crippen molar-refractivity contribution in [3.63, 3.8) is 0 Å². The number of benzene rings is 2. The molecule has 0 aliphatic carbocycles. The van der Waals surface area contributed by atoms with Gasteiger partial charge < -0.3 is 5.32 Å². The van der Waals surface area contributed by atoms with Gasteiger partial charge >= 0.3 is 0 Å². The summed E-state index contributed by atoms with van der Waals surface area (Å²) in [6.07, 6.45) is 0. The van der Waals surface area contributed by atoms with E-state index in [0.29, 0.717) is 11.1 Å². The van der Waals surface area contributed by atoms with Gasteiger partial charge in [-0.05, 0) is 29.8 Å². The van der Waals surface area contributed by atoms with E-state index >= 15 is 0 Å². The molecule has 5 nitrogen and oxygen atoms in total. The van der Waals surface area contributed by atoms with Gasteiger partial charge in [-0.2, -0.15) is 4.31 Å². The molecule has 0 radical (unpaired) electrons. The number of carbonyl (C=O) groups is 1. The molecule has 2 aromatic carbocycles. The molecule has 0 heterocycles. The highest BCUT2D eigenvalue weighted by Crippen LogP contribution is 2.23. The van der Waals surface area contributed by atoms with E-state index in [4.69, 9.17) is 0 Å². The highest BCUT2D eigenvalue weighted by Gasteiger charge is 2.28. The summed E-state index contributed by atoms with van der Waals surface area (Å²) in [5.41, 5.74) is 0.998. The molecule has 2 aromatic rings. The van der Waals surface area contributed by atoms with Crippen LogP contribution in [0, 0.1) is 11.6 Å². The molecule has 0 aliphatic rings. The Morgan fingerprint density at radius 2 is 1.62 bits per heavy atom. The number of hydrogen-bond acceptors (Lipinski definition) is 3. The van der Waals surface area contributed by atoms with Gasteiger partial charge in [-0.3, -0.25) is 4.79 Å². The topological polar surface area (TPSA) is 66.5 Å². The Labute approximate surface area is 139 Å². The predicted octanol–water partition coefficient (Wildman–Crippen LogP) is 2.15. The average molecular weight is 354 g/mol. The second-order valence-electron chi connectivity index (χ2n) is 5.09. The van der Waals surface area contributed by atoms with Crippen molar-refractivity contribution in [1.82, 2.24) is 9.62 Å². The third kappa shape index (κ3) is 3.60. The van der Waals surface area contributed by atoms with Gasteiger partial charge in [0.2, 0.25) is 10.0 Å². The first kappa shape index (κ1) is 18.0. The Morgan fingerprint density at radius 1 is 1.08 bits per heavy atom. The molecular formula is C16H16F2N2O3S. The standard InChI is InChI=1S/C16H16F2N2O3S/c1-19-16(21)12-8-6-11(7-9-12)10-20(2)24(22,23)15-13(17)4-3-5-14(15)18/h3-9H,10H2,1-2H3,(H,19,21). The summed E-state index contributed by atoms with van der Waals surface area (Å²) in [5.74, 6) is -2.55. The fraction of sp³-hybridized carbons (Fsp3) is 0.188. The molecular weight excluding hydrogens is 338 g/mol. The van der Waals surface area contributed by atoms with E-state index < -0.39 is 26.6 Å². The first-order valence-electron chi connectivity index (χ1n) is 6.98. The Hall–Kier alpha value is -2.32. The molecule has 24 heavy (non-hydrogen) atoms. The van der Waals surface area contributed by atoms with Gasteiger partial charge in [0.25, 0.3) is 5.91 Å². The van der Waals surface area contributed by atoms with Crippen molar-refractivity contribution < 1.29 is 22.0 Å². The van der Waals surface area contributed by atoms with Crippen LogP contribution in [0.4, 0.5) is 8.78 Å². The second-order valence-corrected chi connectivity index (χ2v) is 7.07. The van der Waals surface area contributed by atoms with Crippen LogP contribution in [0.5, 0.6) is 0 Å². The van der Waals surface area contributed by atoms with Crippen LogP contribution in [0.15, 0.2) is 47.4 Å². The number of hydrogen-bond donors (Lipinski definition) is 1. The van der Waals surface area contributed by atoms with Crippen LogP contribution in [0.25, 0.3) is 0 Å². The van der Waals surface area contributed by atoms with Gasteiger partial charge in [-0.25, -0.2) is 17.2 Å². The molecule has 128 valence electrons. The highest BCUT2D eigenvalue weighted by molar-refractivity contribution is 7.89. The number of nitrogens with zero attached hydrogens (tertiary/aromatic N) is 1. The zero-order valence-electron chi connectivity index (χ0n) is 13.1. The van der Waals surface area contributed by atoms with E-state index in [0.717, 1.165) is 22.5 Å². The van der Waals surface area contributed by atoms with Gasteiger partial charge in [0, 0.05) is 26.2 Å². The highest BCUT2D eigenvalue weighted by atomic mass is 32.2. The second kappa shape index (κ2) is 7.06. The van der Waals surface area contributed by atoms with Crippen LogP contribution < -0.4 is 5.32 Å². The summed E-state index contributed by atoms with van der Waals surface area (Å²) < 4.78 is 53.1. The fourth-order valence-electron chi connectivity index (χ4n) is 2.13. The maximum atomic E-state index is 13.7. The summed E-state index contributed by atoms with van der Waals surface area (Å²) in [5, 5.41) is 2.47. The van der Waals surface area contributed by atoms with Crippen molar-refractivity contribution in [3.05, 3.63) is 65.2 Å². The van der Waals surface area contributed by atoms with Crippen molar-refractivity contribution in [2.75, 3.05) is 14.1 Å². The molecule has 0 aliphatic heterocycles. The van der Waals surface area contributed by atoms with Gasteiger partial charge in [0.05, 0.1) is 0 Å². The normalized spacial score (nSPS) is 11.5. The molecule has 2 rings (SSSR count). The van der Waals surface area contributed by atoms with Gasteiger partial charge in [-0.15, -0.1) is 0 Å². The monoisotopic (exact) mass is 354 g/mol. The maximum Gasteiger partial charge on any atom is 0.251 e. The zero-order chi connectivity index (χ0) is 17.9. The van der Waals surface area contributed by atoms with Crippen LogP contribution >= 0.6 is 0 Å². The Bertz CT molecular complexity index is 832. The molecule has 1 amide bonds. The predicted molar refractivity (Wildman–Crippen MR) is 84.8 cm³/mol. The fourth-order valence-corrected chi connectivity index (χ4v) is 3.39. The lowest BCUT2D eigenvalue weighted by Crippen LogP contribution is -2.28. The SMILES string of the molecule is CNC(=O)c1ccc(CN(C)S(=O)(=O)c2c(F)cccc2F)cc1. The van der Waals surface area contributed by atoms with E-state index in [2.05, 4.69) is 5.32 Å². The van der Waals surface area contributed by atoms with E-state index in [-0.39, 0.29) is 12.5 Å². The van der Waals surface area contributed by atoms with Crippen molar-refractivity contribution in [3.8, 4) is 0 Å². The third-order valence-electron chi connectivity index (χ3n) is 3.44. The van der Waals surface area contributed by atoms with Crippen molar-refractivity contribution >= 4 is 15.9 Å². The largest absolute Gasteiger partial charge is 0.355 e. The average Bonchev–Trinajstić information content (AvgIpc) is 2.54. The first-order valence-corrected chi connectivity index (χ1v) is 8.42. The summed E-state index contributed by atoms with van der Waals surface area (Å²) in [6.45, 7) is -0.0931. The summed E-state index contributed by atoms with van der Waals surface area (Å²) in [6, 6.07) is 9.12. The Morgan fingerprint density at radius 3 is 2.12 bits per heavy atom. The van der Waals surface area contributed by atoms with E-state index in [9.17, 15) is 22.0 Å². The maximum absolute atomic E-state index is 13.7. The summed E-state index contributed by atoms with van der Waals surface area (Å²) in [7, 11) is -1.60. The van der Waals surface area contributed by atoms with E-state index in [1.807, 2.05) is 0 Å².